The molecule has 0 heterocycles. The summed E-state index contributed by atoms with van der Waals surface area (Å²) < 4.78 is 4.65. The van der Waals surface area contributed by atoms with E-state index in [-0.39, 0.29) is 0 Å². The zero-order valence-corrected chi connectivity index (χ0v) is 16.3. The molecule has 9 heteroatoms. The highest BCUT2D eigenvalue weighted by atomic mass is 16.5. The second-order valence-corrected chi connectivity index (χ2v) is 5.89. The molecule has 5 N–H and O–H groups in total. The predicted octanol–water partition coefficient (Wildman–Crippen LogP) is 1.17. The Morgan fingerprint density at radius 2 is 1.38 bits per heavy atom. The number of aliphatic hydroxyl groups excluding tert-OH is 2. The number of hydrogen-bond acceptors (Lipinski definition) is 7. The van der Waals surface area contributed by atoms with E-state index in [2.05, 4.69) is 4.74 Å². The van der Waals surface area contributed by atoms with Crippen LogP contribution in [0.25, 0.3) is 0 Å². The normalized spacial score (nSPS) is 14.3. The van der Waals surface area contributed by atoms with Gasteiger partial charge in [-0.3, -0.25) is 0 Å². The van der Waals surface area contributed by atoms with Gasteiger partial charge in [0.1, 0.15) is 12.2 Å². The summed E-state index contributed by atoms with van der Waals surface area (Å²) in [5.74, 6) is -2.86. The Bertz CT molecular complexity index is 388. The summed E-state index contributed by atoms with van der Waals surface area (Å²) in [6.07, 6.45) is 1.62. The van der Waals surface area contributed by atoms with Crippen molar-refractivity contribution in [2.75, 3.05) is 6.61 Å². The first-order chi connectivity index (χ1) is 11.8. The largest absolute Gasteiger partial charge is 0.479 e. The molecule has 3 atom stereocenters. The molecule has 0 aromatic rings. The van der Waals surface area contributed by atoms with E-state index in [9.17, 15) is 14.4 Å². The van der Waals surface area contributed by atoms with Crippen LogP contribution >= 0.6 is 0 Å². The average Bonchev–Trinajstić information content (AvgIpc) is 2.54. The highest BCUT2D eigenvalue weighted by molar-refractivity contribution is 5.76. The molecule has 0 aromatic carbocycles. The lowest BCUT2D eigenvalue weighted by Gasteiger charge is -2.16. The standard InChI is InChI=1S/2C7H14O3.C3H6O3/c1-3-4-5-7(2,10)6(8)9;1-3-4-5-10-7(9)6(2)8;1-2(4)3(5)6/h10H,3-5H2,1-2H3,(H,8,9);6,8H,3-5H2,1-2H3;2,4H,1H3,(H,5,6). The number of esters is 1. The van der Waals surface area contributed by atoms with Gasteiger partial charge in [-0.25, -0.2) is 14.4 Å². The number of carboxylic acid groups (broad SMARTS) is 2. The minimum absolute atomic E-state index is 0.332. The van der Waals surface area contributed by atoms with Gasteiger partial charge in [-0.1, -0.05) is 33.1 Å². The van der Waals surface area contributed by atoms with E-state index < -0.39 is 35.7 Å². The molecule has 0 aliphatic carbocycles. The maximum Gasteiger partial charge on any atom is 0.335 e. The topological polar surface area (TPSA) is 162 Å². The van der Waals surface area contributed by atoms with Crippen LogP contribution in [0.15, 0.2) is 0 Å². The fourth-order valence-corrected chi connectivity index (χ4v) is 1.07. The van der Waals surface area contributed by atoms with E-state index in [1.807, 2.05) is 13.8 Å². The van der Waals surface area contributed by atoms with Crippen LogP contribution < -0.4 is 0 Å². The molecule has 0 aliphatic rings. The molecule has 0 aromatic heterocycles. The first kappa shape index (κ1) is 29.1. The average molecular weight is 382 g/mol. The van der Waals surface area contributed by atoms with E-state index in [0.717, 1.165) is 25.7 Å². The van der Waals surface area contributed by atoms with Crippen LogP contribution in [0.5, 0.6) is 0 Å². The number of aliphatic hydroxyl groups is 3. The molecule has 0 saturated heterocycles. The monoisotopic (exact) mass is 382 g/mol. The molecule has 156 valence electrons. The summed E-state index contributed by atoms with van der Waals surface area (Å²) in [6, 6.07) is 0. The summed E-state index contributed by atoms with van der Waals surface area (Å²) in [4.78, 5) is 30.3. The minimum atomic E-state index is -1.53. The van der Waals surface area contributed by atoms with Gasteiger partial charge in [0.2, 0.25) is 0 Å². The molecule has 0 radical (unpaired) electrons. The summed E-state index contributed by atoms with van der Waals surface area (Å²) in [7, 11) is 0. The Morgan fingerprint density at radius 3 is 1.65 bits per heavy atom. The molecule has 0 saturated carbocycles. The molecule has 0 fully saturated rings. The number of unbranched alkanes of at least 4 members (excludes halogenated alkanes) is 2. The summed E-state index contributed by atoms with van der Waals surface area (Å²) >= 11 is 0. The van der Waals surface area contributed by atoms with Gasteiger partial charge in [0, 0.05) is 0 Å². The predicted molar refractivity (Wildman–Crippen MR) is 94.6 cm³/mol. The quantitative estimate of drug-likeness (QED) is 0.291. The summed E-state index contributed by atoms with van der Waals surface area (Å²) in [5.41, 5.74) is -1.53. The highest BCUT2D eigenvalue weighted by Gasteiger charge is 2.28. The van der Waals surface area contributed by atoms with Crippen molar-refractivity contribution in [1.29, 1.82) is 0 Å². The Morgan fingerprint density at radius 1 is 0.962 bits per heavy atom. The molecular weight excluding hydrogens is 348 g/mol. The second-order valence-electron chi connectivity index (χ2n) is 5.89. The first-order valence-electron chi connectivity index (χ1n) is 8.54. The van der Waals surface area contributed by atoms with Crippen LogP contribution in [0.2, 0.25) is 0 Å². The van der Waals surface area contributed by atoms with Crippen LogP contribution in [0.1, 0.15) is 66.7 Å². The fraction of sp³-hybridized carbons (Fsp3) is 0.824. The smallest absolute Gasteiger partial charge is 0.335 e. The Labute approximate surface area is 154 Å². The number of carboxylic acids is 2. The summed E-state index contributed by atoms with van der Waals surface area (Å²) in [5, 5.41) is 42.0. The van der Waals surface area contributed by atoms with Gasteiger partial charge in [0.25, 0.3) is 0 Å². The number of carbonyl (C=O) groups excluding carboxylic acids is 1. The Hall–Kier alpha value is -1.71. The van der Waals surface area contributed by atoms with Gasteiger partial charge in [0.15, 0.2) is 5.60 Å². The van der Waals surface area contributed by atoms with E-state index in [0.29, 0.717) is 13.0 Å². The van der Waals surface area contributed by atoms with Gasteiger partial charge in [-0.2, -0.15) is 0 Å². The molecule has 0 amide bonds. The minimum Gasteiger partial charge on any atom is -0.479 e. The molecule has 0 bridgehead atoms. The van der Waals surface area contributed by atoms with Crippen molar-refractivity contribution in [2.45, 2.75) is 84.5 Å². The molecule has 0 aliphatic heterocycles. The van der Waals surface area contributed by atoms with Crippen LogP contribution in [-0.2, 0) is 19.1 Å². The van der Waals surface area contributed by atoms with Crippen LogP contribution in [0, 0.1) is 0 Å². The zero-order valence-electron chi connectivity index (χ0n) is 16.3. The molecule has 3 unspecified atom stereocenters. The lowest BCUT2D eigenvalue weighted by atomic mass is 10.00. The van der Waals surface area contributed by atoms with Gasteiger partial charge < -0.3 is 30.3 Å². The van der Waals surface area contributed by atoms with Crippen molar-refractivity contribution in [3.8, 4) is 0 Å². The Kier molecular flexibility index (Phi) is 18.7. The van der Waals surface area contributed by atoms with E-state index >= 15 is 0 Å². The number of rotatable bonds is 9. The maximum atomic E-state index is 10.5. The fourth-order valence-electron chi connectivity index (χ4n) is 1.07. The van der Waals surface area contributed by atoms with Gasteiger partial charge >= 0.3 is 17.9 Å². The van der Waals surface area contributed by atoms with Crippen molar-refractivity contribution >= 4 is 17.9 Å². The van der Waals surface area contributed by atoms with Crippen LogP contribution in [0.3, 0.4) is 0 Å². The van der Waals surface area contributed by atoms with Gasteiger partial charge in [-0.05, 0) is 33.6 Å². The zero-order chi connectivity index (χ0) is 21.3. The van der Waals surface area contributed by atoms with Crippen molar-refractivity contribution < 1.29 is 44.7 Å². The van der Waals surface area contributed by atoms with Gasteiger partial charge in [-0.15, -0.1) is 0 Å². The van der Waals surface area contributed by atoms with Crippen LogP contribution in [-0.4, -0.2) is 67.9 Å². The molecule has 26 heavy (non-hydrogen) atoms. The van der Waals surface area contributed by atoms with Crippen LogP contribution in [0.4, 0.5) is 0 Å². The molecule has 0 spiro atoms. The second kappa shape index (κ2) is 16.7. The Balaban J connectivity index is -0.000000316. The van der Waals surface area contributed by atoms with Crippen molar-refractivity contribution in [2.24, 2.45) is 0 Å². The SMILES string of the molecule is CC(O)C(=O)O.CCCCC(C)(O)C(=O)O.CCCCOC(=O)C(C)O. The number of hydrogen-bond donors (Lipinski definition) is 5. The summed E-state index contributed by atoms with van der Waals surface area (Å²) in [6.45, 7) is 8.30. The lowest BCUT2D eigenvalue weighted by molar-refractivity contribution is -0.157. The first-order valence-corrected chi connectivity index (χ1v) is 8.54. The highest BCUT2D eigenvalue weighted by Crippen LogP contribution is 2.12. The third kappa shape index (κ3) is 20.3. The van der Waals surface area contributed by atoms with Crippen molar-refractivity contribution in [1.82, 2.24) is 0 Å². The molecule has 9 nitrogen and oxygen atoms in total. The number of ether oxygens (including phenoxy) is 1. The molecular formula is C17H34O9. The third-order valence-electron chi connectivity index (χ3n) is 2.92. The van der Waals surface area contributed by atoms with Gasteiger partial charge in [0.05, 0.1) is 6.61 Å². The number of aliphatic carboxylic acids is 2. The van der Waals surface area contributed by atoms with Crippen molar-refractivity contribution in [3.05, 3.63) is 0 Å². The van der Waals surface area contributed by atoms with E-state index in [1.165, 1.54) is 20.8 Å². The van der Waals surface area contributed by atoms with E-state index in [1.54, 1.807) is 0 Å². The number of carbonyl (C=O) groups is 3. The van der Waals surface area contributed by atoms with Crippen molar-refractivity contribution in [3.63, 3.8) is 0 Å². The third-order valence-corrected chi connectivity index (χ3v) is 2.92. The maximum absolute atomic E-state index is 10.5. The lowest BCUT2D eigenvalue weighted by Crippen LogP contribution is -2.34. The van der Waals surface area contributed by atoms with E-state index in [4.69, 9.17) is 25.5 Å². The molecule has 0 rings (SSSR count).